The number of anilines is 3. The molecule has 1 aliphatic heterocycles. The molecule has 4 rings (SSSR count). The Morgan fingerprint density at radius 3 is 2.21 bits per heavy atom. The van der Waals surface area contributed by atoms with E-state index in [0.717, 1.165) is 17.1 Å². The lowest BCUT2D eigenvalue weighted by Gasteiger charge is -2.36. The zero-order valence-corrected chi connectivity index (χ0v) is 15.4. The molecule has 3 aromatic rings. The molecule has 142 valence electrons. The number of halogens is 1. The van der Waals surface area contributed by atoms with Crippen molar-refractivity contribution in [2.75, 3.05) is 36.4 Å². The largest absolute Gasteiger partial charge is 0.368 e. The Bertz CT molecular complexity index is 921. The molecule has 0 atom stereocenters. The number of carbonyl (C=O) groups is 1. The van der Waals surface area contributed by atoms with Gasteiger partial charge in [-0.2, -0.15) is 0 Å². The standard InChI is InChI=1S/C22H21FN4O/c23-17-6-9-20(10-7-17)26-12-14-27(15-13-26)22(28)21-11-8-19(16-24-21)25-18-4-2-1-3-5-18/h1-11,16,25H,12-15H2. The van der Waals surface area contributed by atoms with Crippen LogP contribution in [-0.4, -0.2) is 42.0 Å². The number of nitrogens with zero attached hydrogens (tertiary/aromatic N) is 3. The molecule has 0 saturated carbocycles. The van der Waals surface area contributed by atoms with Crippen molar-refractivity contribution in [2.24, 2.45) is 0 Å². The summed E-state index contributed by atoms with van der Waals surface area (Å²) < 4.78 is 13.1. The number of aromatic nitrogens is 1. The molecule has 6 heteroatoms. The highest BCUT2D eigenvalue weighted by molar-refractivity contribution is 5.92. The SMILES string of the molecule is O=C(c1ccc(Nc2ccccc2)cn1)N1CCN(c2ccc(F)cc2)CC1. The molecule has 1 saturated heterocycles. The first-order valence-corrected chi connectivity index (χ1v) is 9.27. The van der Waals surface area contributed by atoms with Crippen molar-refractivity contribution in [3.63, 3.8) is 0 Å². The molecule has 1 fully saturated rings. The first kappa shape index (κ1) is 18.0. The normalized spacial score (nSPS) is 14.0. The van der Waals surface area contributed by atoms with Gasteiger partial charge in [-0.1, -0.05) is 18.2 Å². The van der Waals surface area contributed by atoms with Crippen LogP contribution < -0.4 is 10.2 Å². The van der Waals surface area contributed by atoms with Gasteiger partial charge in [-0.25, -0.2) is 9.37 Å². The Kier molecular flexibility index (Phi) is 5.19. The topological polar surface area (TPSA) is 48.5 Å². The molecule has 0 aliphatic carbocycles. The molecule has 0 radical (unpaired) electrons. The lowest BCUT2D eigenvalue weighted by atomic mass is 10.2. The zero-order chi connectivity index (χ0) is 19.3. The van der Waals surface area contributed by atoms with Crippen LogP contribution in [0.1, 0.15) is 10.5 Å². The Morgan fingerprint density at radius 1 is 0.857 bits per heavy atom. The van der Waals surface area contributed by atoms with Crippen LogP contribution in [0, 0.1) is 5.82 Å². The summed E-state index contributed by atoms with van der Waals surface area (Å²) in [5, 5.41) is 3.26. The van der Waals surface area contributed by atoms with Crippen LogP contribution in [0.3, 0.4) is 0 Å². The number of benzene rings is 2. The molecule has 1 amide bonds. The molecule has 28 heavy (non-hydrogen) atoms. The minimum atomic E-state index is -0.242. The Hall–Kier alpha value is -3.41. The van der Waals surface area contributed by atoms with Crippen molar-refractivity contribution in [2.45, 2.75) is 0 Å². The second kappa shape index (κ2) is 8.08. The predicted octanol–water partition coefficient (Wildman–Crippen LogP) is 3.93. The number of carbonyl (C=O) groups excluding carboxylic acids is 1. The molecule has 1 aromatic heterocycles. The van der Waals surface area contributed by atoms with Crippen molar-refractivity contribution in [3.05, 3.63) is 84.4 Å². The van der Waals surface area contributed by atoms with Crippen LogP contribution in [0.15, 0.2) is 72.9 Å². The first-order valence-electron chi connectivity index (χ1n) is 9.27. The molecule has 0 bridgehead atoms. The van der Waals surface area contributed by atoms with E-state index in [1.54, 1.807) is 24.4 Å². The van der Waals surface area contributed by atoms with Crippen molar-refractivity contribution in [1.29, 1.82) is 0 Å². The number of pyridine rings is 1. The molecule has 1 aliphatic rings. The summed E-state index contributed by atoms with van der Waals surface area (Å²) in [6, 6.07) is 19.9. The number of amides is 1. The summed E-state index contributed by atoms with van der Waals surface area (Å²) in [4.78, 5) is 21.0. The third-order valence-corrected chi connectivity index (χ3v) is 4.80. The van der Waals surface area contributed by atoms with E-state index in [-0.39, 0.29) is 11.7 Å². The third kappa shape index (κ3) is 4.11. The van der Waals surface area contributed by atoms with Crippen LogP contribution in [0.5, 0.6) is 0 Å². The van der Waals surface area contributed by atoms with Gasteiger partial charge in [-0.3, -0.25) is 4.79 Å². The van der Waals surface area contributed by atoms with Gasteiger partial charge in [0, 0.05) is 37.6 Å². The third-order valence-electron chi connectivity index (χ3n) is 4.80. The maximum Gasteiger partial charge on any atom is 0.272 e. The lowest BCUT2D eigenvalue weighted by molar-refractivity contribution is 0.0741. The van der Waals surface area contributed by atoms with Gasteiger partial charge in [0.15, 0.2) is 0 Å². The number of nitrogens with one attached hydrogen (secondary N) is 1. The Balaban J connectivity index is 1.35. The summed E-state index contributed by atoms with van der Waals surface area (Å²) in [6.07, 6.45) is 1.68. The highest BCUT2D eigenvalue weighted by atomic mass is 19.1. The molecule has 1 N–H and O–H groups in total. The summed E-state index contributed by atoms with van der Waals surface area (Å²) in [5.41, 5.74) is 3.22. The van der Waals surface area contributed by atoms with E-state index < -0.39 is 0 Å². The van der Waals surface area contributed by atoms with E-state index in [9.17, 15) is 9.18 Å². The minimum Gasteiger partial charge on any atom is -0.368 e. The summed E-state index contributed by atoms with van der Waals surface area (Å²) >= 11 is 0. The van der Waals surface area contributed by atoms with E-state index in [1.807, 2.05) is 41.3 Å². The molecular formula is C22H21FN4O. The van der Waals surface area contributed by atoms with Gasteiger partial charge in [0.25, 0.3) is 5.91 Å². The van der Waals surface area contributed by atoms with Crippen LogP contribution >= 0.6 is 0 Å². The Labute approximate surface area is 163 Å². The average molecular weight is 376 g/mol. The van der Waals surface area contributed by atoms with E-state index >= 15 is 0 Å². The van der Waals surface area contributed by atoms with Crippen molar-refractivity contribution >= 4 is 23.0 Å². The molecule has 2 aromatic carbocycles. The molecular weight excluding hydrogens is 355 g/mol. The Morgan fingerprint density at radius 2 is 1.57 bits per heavy atom. The summed E-state index contributed by atoms with van der Waals surface area (Å²) in [7, 11) is 0. The van der Waals surface area contributed by atoms with Crippen molar-refractivity contribution < 1.29 is 9.18 Å². The van der Waals surface area contributed by atoms with Gasteiger partial charge in [0.2, 0.25) is 0 Å². The number of hydrogen-bond donors (Lipinski definition) is 1. The molecule has 0 spiro atoms. The molecule has 2 heterocycles. The lowest BCUT2D eigenvalue weighted by Crippen LogP contribution is -2.49. The number of hydrogen-bond acceptors (Lipinski definition) is 4. The monoisotopic (exact) mass is 376 g/mol. The smallest absolute Gasteiger partial charge is 0.272 e. The first-order chi connectivity index (χ1) is 13.7. The van der Waals surface area contributed by atoms with Crippen molar-refractivity contribution in [1.82, 2.24) is 9.88 Å². The van der Waals surface area contributed by atoms with Gasteiger partial charge in [0.05, 0.1) is 11.9 Å². The van der Waals surface area contributed by atoms with Crippen LogP contribution in [0.4, 0.5) is 21.5 Å². The maximum atomic E-state index is 13.1. The second-order valence-electron chi connectivity index (χ2n) is 6.68. The number of rotatable bonds is 4. The fraction of sp³-hybridized carbons (Fsp3) is 0.182. The maximum absolute atomic E-state index is 13.1. The number of para-hydroxylation sites is 1. The van der Waals surface area contributed by atoms with E-state index in [1.165, 1.54) is 12.1 Å². The van der Waals surface area contributed by atoms with Gasteiger partial charge in [-0.15, -0.1) is 0 Å². The highest BCUT2D eigenvalue weighted by Gasteiger charge is 2.23. The highest BCUT2D eigenvalue weighted by Crippen LogP contribution is 2.19. The minimum absolute atomic E-state index is 0.0648. The molecule has 5 nitrogen and oxygen atoms in total. The van der Waals surface area contributed by atoms with Gasteiger partial charge < -0.3 is 15.1 Å². The van der Waals surface area contributed by atoms with Crippen LogP contribution in [0.25, 0.3) is 0 Å². The summed E-state index contributed by atoms with van der Waals surface area (Å²) in [6.45, 7) is 2.65. The fourth-order valence-corrected chi connectivity index (χ4v) is 3.26. The van der Waals surface area contributed by atoms with Gasteiger partial charge >= 0.3 is 0 Å². The van der Waals surface area contributed by atoms with E-state index in [2.05, 4.69) is 15.2 Å². The molecule has 0 unspecified atom stereocenters. The second-order valence-corrected chi connectivity index (χ2v) is 6.68. The van der Waals surface area contributed by atoms with E-state index in [0.29, 0.717) is 31.9 Å². The number of piperazine rings is 1. The fourth-order valence-electron chi connectivity index (χ4n) is 3.26. The van der Waals surface area contributed by atoms with Gasteiger partial charge in [-0.05, 0) is 48.5 Å². The predicted molar refractivity (Wildman–Crippen MR) is 108 cm³/mol. The van der Waals surface area contributed by atoms with Crippen molar-refractivity contribution in [3.8, 4) is 0 Å². The summed E-state index contributed by atoms with van der Waals surface area (Å²) in [5.74, 6) is -0.307. The van der Waals surface area contributed by atoms with Crippen LogP contribution in [0.2, 0.25) is 0 Å². The van der Waals surface area contributed by atoms with Gasteiger partial charge in [0.1, 0.15) is 11.5 Å². The van der Waals surface area contributed by atoms with E-state index in [4.69, 9.17) is 0 Å². The zero-order valence-electron chi connectivity index (χ0n) is 15.4. The quantitative estimate of drug-likeness (QED) is 0.750. The van der Waals surface area contributed by atoms with Crippen LogP contribution in [-0.2, 0) is 0 Å². The average Bonchev–Trinajstić information content (AvgIpc) is 2.75.